The highest BCUT2D eigenvalue weighted by atomic mass is 35.5. The maximum atomic E-state index is 17.4. The summed E-state index contributed by atoms with van der Waals surface area (Å²) in [6.07, 6.45) is 4.76. The highest BCUT2D eigenvalue weighted by Gasteiger charge is 2.50. The topological polar surface area (TPSA) is 104 Å². The van der Waals surface area contributed by atoms with Gasteiger partial charge in [0.25, 0.3) is 0 Å². The molecule has 1 saturated carbocycles. The van der Waals surface area contributed by atoms with Gasteiger partial charge in [-0.2, -0.15) is 15.2 Å². The first kappa shape index (κ1) is 32.6. The number of anilines is 2. The zero-order valence-electron chi connectivity index (χ0n) is 27.4. The van der Waals surface area contributed by atoms with E-state index in [4.69, 9.17) is 31.8 Å². The Morgan fingerprint density at radius 3 is 2.73 bits per heavy atom. The van der Waals surface area contributed by atoms with Crippen LogP contribution in [0.25, 0.3) is 32.1 Å². The maximum absolute atomic E-state index is 17.4. The van der Waals surface area contributed by atoms with Gasteiger partial charge in [-0.25, -0.2) is 13.2 Å². The van der Waals surface area contributed by atoms with Crippen LogP contribution < -0.4 is 20.1 Å². The average Bonchev–Trinajstić information content (AvgIpc) is 3.69. The number of nitriles is 1. The van der Waals surface area contributed by atoms with Crippen LogP contribution in [0.5, 0.6) is 11.8 Å². The Morgan fingerprint density at radius 2 is 2.00 bits per heavy atom. The smallest absolute Gasteiger partial charge is 0.319 e. The molecule has 5 heterocycles. The molecule has 1 spiro atoms. The van der Waals surface area contributed by atoms with Crippen LogP contribution in [-0.2, 0) is 0 Å². The van der Waals surface area contributed by atoms with Crippen molar-refractivity contribution in [2.24, 2.45) is 0 Å². The molecule has 2 atom stereocenters. The first-order valence-corrected chi connectivity index (χ1v) is 18.0. The van der Waals surface area contributed by atoms with E-state index in [2.05, 4.69) is 25.8 Å². The lowest BCUT2D eigenvalue weighted by atomic mass is 9.72. The Kier molecular flexibility index (Phi) is 8.02. The molecule has 14 heteroatoms. The van der Waals surface area contributed by atoms with Gasteiger partial charge in [0.1, 0.15) is 41.0 Å². The molecule has 0 amide bonds. The van der Waals surface area contributed by atoms with Crippen molar-refractivity contribution in [1.29, 1.82) is 5.26 Å². The highest BCUT2D eigenvalue weighted by Crippen LogP contribution is 2.53. The molecule has 9 nitrogen and oxygen atoms in total. The molecule has 3 fully saturated rings. The Morgan fingerprint density at radius 1 is 1.18 bits per heavy atom. The van der Waals surface area contributed by atoms with E-state index < -0.39 is 23.3 Å². The van der Waals surface area contributed by atoms with E-state index in [0.717, 1.165) is 50.0 Å². The van der Waals surface area contributed by atoms with Crippen molar-refractivity contribution in [3.05, 3.63) is 34.4 Å². The minimum absolute atomic E-state index is 0.0178. The van der Waals surface area contributed by atoms with Gasteiger partial charge in [0.15, 0.2) is 11.6 Å². The number of likely N-dealkylation sites (N-methyl/N-ethyl adjacent to an activating group) is 1. The lowest BCUT2D eigenvalue weighted by Crippen LogP contribution is -2.57. The molecule has 8 rings (SSSR count). The van der Waals surface area contributed by atoms with Crippen molar-refractivity contribution in [3.63, 3.8) is 0 Å². The first-order valence-electron chi connectivity index (χ1n) is 16.8. The monoisotopic (exact) mass is 711 g/mol. The number of fused-ring (bicyclic) bond motifs is 2. The number of benzene rings is 2. The molecule has 2 N–H and O–H groups in total. The molecule has 0 bridgehead atoms. The number of nitrogens with two attached hydrogens (primary N) is 1. The molecule has 0 unspecified atom stereocenters. The van der Waals surface area contributed by atoms with Gasteiger partial charge in [-0.05, 0) is 64.4 Å². The third-order valence-electron chi connectivity index (χ3n) is 11.1. The normalized spacial score (nSPS) is 23.1. The number of nitrogens with zero attached hydrogens (tertiary/aromatic N) is 6. The minimum Gasteiger partial charge on any atom is -0.491 e. The fourth-order valence-electron chi connectivity index (χ4n) is 8.47. The zero-order chi connectivity index (χ0) is 34.2. The number of ether oxygens (including phenoxy) is 2. The second kappa shape index (κ2) is 12.0. The van der Waals surface area contributed by atoms with Crippen LogP contribution in [0.3, 0.4) is 0 Å². The molecule has 2 saturated heterocycles. The minimum atomic E-state index is -0.936. The first-order chi connectivity index (χ1) is 23.6. The van der Waals surface area contributed by atoms with Crippen LogP contribution >= 0.6 is 22.9 Å². The molecule has 49 heavy (non-hydrogen) atoms. The van der Waals surface area contributed by atoms with Gasteiger partial charge < -0.3 is 25.0 Å². The zero-order valence-corrected chi connectivity index (χ0v) is 29.0. The van der Waals surface area contributed by atoms with Crippen molar-refractivity contribution < 1.29 is 22.6 Å². The summed E-state index contributed by atoms with van der Waals surface area (Å²) in [6.45, 7) is 2.99. The van der Waals surface area contributed by atoms with E-state index in [0.29, 0.717) is 50.3 Å². The van der Waals surface area contributed by atoms with Gasteiger partial charge >= 0.3 is 6.01 Å². The molecule has 4 aromatic rings. The molecular formula is C35H37ClF3N7O2S. The number of alkyl halides is 1. The van der Waals surface area contributed by atoms with Crippen LogP contribution in [-0.4, -0.2) is 90.5 Å². The fourth-order valence-corrected chi connectivity index (χ4v) is 9.76. The van der Waals surface area contributed by atoms with Crippen LogP contribution in [0.1, 0.15) is 50.5 Å². The van der Waals surface area contributed by atoms with E-state index >= 15 is 8.78 Å². The predicted octanol–water partition coefficient (Wildman–Crippen LogP) is 6.93. The number of hydrogen-bond acceptors (Lipinski definition) is 10. The van der Waals surface area contributed by atoms with Crippen LogP contribution in [0, 0.1) is 23.0 Å². The molecular weight excluding hydrogens is 675 g/mol. The average molecular weight is 712 g/mol. The molecule has 4 aliphatic rings. The number of nitrogen functional groups attached to an aromatic ring is 1. The van der Waals surface area contributed by atoms with Gasteiger partial charge in [0, 0.05) is 49.0 Å². The number of halogens is 4. The van der Waals surface area contributed by atoms with E-state index in [1.54, 1.807) is 0 Å². The van der Waals surface area contributed by atoms with Crippen LogP contribution in [0.15, 0.2) is 12.1 Å². The summed E-state index contributed by atoms with van der Waals surface area (Å²) in [5.74, 6) is -0.663. The lowest BCUT2D eigenvalue weighted by molar-refractivity contribution is 0.107. The van der Waals surface area contributed by atoms with E-state index in [1.165, 1.54) is 12.1 Å². The molecule has 3 aliphatic heterocycles. The van der Waals surface area contributed by atoms with Crippen LogP contribution in [0.4, 0.5) is 24.0 Å². The number of thiophene rings is 1. The lowest BCUT2D eigenvalue weighted by Gasteiger charge is -2.52. The third-order valence-corrected chi connectivity index (χ3v) is 12.5. The summed E-state index contributed by atoms with van der Waals surface area (Å²) in [7, 11) is 4.01. The van der Waals surface area contributed by atoms with Gasteiger partial charge in [-0.15, -0.1) is 11.3 Å². The SMILES string of the molecule is CN(C)CCN1c2nc(OC[C@@]34CCCN3C[C@H](F)C4)nc3c(F)c(-c4ccc(F)c5sc(N)c(C#N)c45)c(Cl)c(c23)OCCC12CCC2. The quantitative estimate of drug-likeness (QED) is 0.219. The maximum Gasteiger partial charge on any atom is 0.319 e. The molecule has 2 aromatic carbocycles. The van der Waals surface area contributed by atoms with E-state index in [-0.39, 0.29) is 66.2 Å². The van der Waals surface area contributed by atoms with Gasteiger partial charge in [0.05, 0.1) is 32.8 Å². The molecule has 1 aliphatic carbocycles. The summed E-state index contributed by atoms with van der Waals surface area (Å²) in [6, 6.07) is 4.66. The summed E-state index contributed by atoms with van der Waals surface area (Å²) < 4.78 is 60.0. The van der Waals surface area contributed by atoms with E-state index in [1.807, 2.05) is 14.1 Å². The summed E-state index contributed by atoms with van der Waals surface area (Å²) >= 11 is 8.06. The summed E-state index contributed by atoms with van der Waals surface area (Å²) in [4.78, 5) is 16.2. The third kappa shape index (κ3) is 5.08. The van der Waals surface area contributed by atoms with Crippen molar-refractivity contribution in [2.75, 3.05) is 64.1 Å². The fraction of sp³-hybridized carbons (Fsp3) is 0.514. The summed E-state index contributed by atoms with van der Waals surface area (Å²) in [5.41, 5.74) is 5.54. The Bertz CT molecular complexity index is 2030. The number of hydrogen-bond donors (Lipinski definition) is 1. The largest absolute Gasteiger partial charge is 0.491 e. The Labute approximate surface area is 291 Å². The summed E-state index contributed by atoms with van der Waals surface area (Å²) in [5, 5.41) is 10.6. The van der Waals surface area contributed by atoms with Gasteiger partial charge in [-0.1, -0.05) is 17.7 Å². The van der Waals surface area contributed by atoms with Gasteiger partial charge in [0.2, 0.25) is 0 Å². The standard InChI is InChI=1S/C35H37ClF3N7O2S/c1-44(2)12-13-46-32-25-28(42-33(43-32)48-18-35-9-4-11-45(35)17-19(37)15-35)27(39)24(26(36)29(25)47-14-10-34(46)7-3-8-34)20-5-6-22(38)30-23(20)21(16-40)31(41)49-30/h5-6,19H,3-4,7-15,17-18,41H2,1-2H3/t19-,35+/m1/s1. The predicted molar refractivity (Wildman–Crippen MR) is 186 cm³/mol. The highest BCUT2D eigenvalue weighted by molar-refractivity contribution is 7.23. The van der Waals surface area contributed by atoms with Gasteiger partial charge in [-0.3, -0.25) is 4.90 Å². The molecule has 0 radical (unpaired) electrons. The molecule has 2 aromatic heterocycles. The molecule has 258 valence electrons. The Hall–Kier alpha value is -3.57. The van der Waals surface area contributed by atoms with E-state index in [9.17, 15) is 9.65 Å². The van der Waals surface area contributed by atoms with Crippen molar-refractivity contribution in [1.82, 2.24) is 19.8 Å². The van der Waals surface area contributed by atoms with Crippen molar-refractivity contribution >= 4 is 54.7 Å². The second-order valence-corrected chi connectivity index (χ2v) is 15.6. The number of rotatable bonds is 7. The number of aromatic nitrogens is 2. The Balaban J connectivity index is 1.37. The van der Waals surface area contributed by atoms with Crippen molar-refractivity contribution in [3.8, 4) is 29.0 Å². The second-order valence-electron chi connectivity index (χ2n) is 14.1. The van der Waals surface area contributed by atoms with Crippen LogP contribution in [0.2, 0.25) is 5.02 Å². The van der Waals surface area contributed by atoms with Crippen molar-refractivity contribution in [2.45, 2.75) is 62.2 Å².